The summed E-state index contributed by atoms with van der Waals surface area (Å²) < 4.78 is 1.64. The number of carboxylic acid groups (broad SMARTS) is 1. The van der Waals surface area contributed by atoms with Crippen LogP contribution in [0.1, 0.15) is 39.2 Å². The molecule has 1 heterocycles. The Morgan fingerprint density at radius 3 is 2.63 bits per heavy atom. The first-order valence-corrected chi connectivity index (χ1v) is 7.47. The Balaban J connectivity index is 2.20. The van der Waals surface area contributed by atoms with E-state index in [1.165, 1.54) is 6.42 Å². The van der Waals surface area contributed by atoms with Gasteiger partial charge in [-0.1, -0.05) is 25.6 Å². The zero-order valence-electron chi connectivity index (χ0n) is 11.1. The standard InChI is InChI=1S/C12H19N3O3S/c1-7-3-8(2)5-9(4-7)15-11(18)13-14-12(15)19-6-10(16)17/h7-9H,3-6H2,1-2H3,(H,13,18)(H,16,17). The topological polar surface area (TPSA) is 88.0 Å². The van der Waals surface area contributed by atoms with Crippen LogP contribution in [-0.4, -0.2) is 31.6 Å². The van der Waals surface area contributed by atoms with Crippen molar-refractivity contribution in [1.29, 1.82) is 0 Å². The van der Waals surface area contributed by atoms with Crippen LogP contribution in [0.25, 0.3) is 0 Å². The molecule has 1 aliphatic carbocycles. The van der Waals surface area contributed by atoms with Crippen LogP contribution in [0.15, 0.2) is 9.95 Å². The third kappa shape index (κ3) is 3.40. The van der Waals surface area contributed by atoms with Gasteiger partial charge in [-0.3, -0.25) is 9.36 Å². The van der Waals surface area contributed by atoms with Crippen LogP contribution < -0.4 is 5.69 Å². The number of thioether (sulfide) groups is 1. The number of nitrogens with one attached hydrogen (secondary N) is 1. The van der Waals surface area contributed by atoms with Crippen LogP contribution in [0.4, 0.5) is 0 Å². The molecule has 2 rings (SSSR count). The van der Waals surface area contributed by atoms with Gasteiger partial charge in [0.05, 0.1) is 5.75 Å². The minimum atomic E-state index is -0.905. The highest BCUT2D eigenvalue weighted by Gasteiger charge is 2.28. The zero-order valence-corrected chi connectivity index (χ0v) is 11.9. The van der Waals surface area contributed by atoms with E-state index < -0.39 is 5.97 Å². The van der Waals surface area contributed by atoms with Gasteiger partial charge in [-0.2, -0.15) is 0 Å². The molecule has 0 aliphatic heterocycles. The summed E-state index contributed by atoms with van der Waals surface area (Å²) >= 11 is 1.09. The molecule has 1 aromatic rings. The van der Waals surface area contributed by atoms with E-state index in [4.69, 9.17) is 5.11 Å². The Morgan fingerprint density at radius 1 is 1.42 bits per heavy atom. The van der Waals surface area contributed by atoms with E-state index in [1.807, 2.05) is 0 Å². The van der Waals surface area contributed by atoms with Crippen LogP contribution in [0.2, 0.25) is 0 Å². The van der Waals surface area contributed by atoms with Gasteiger partial charge in [0, 0.05) is 6.04 Å². The number of nitrogens with zero attached hydrogens (tertiary/aromatic N) is 2. The minimum Gasteiger partial charge on any atom is -0.481 e. The molecule has 1 saturated carbocycles. The molecule has 0 spiro atoms. The van der Waals surface area contributed by atoms with E-state index in [0.717, 1.165) is 24.6 Å². The average molecular weight is 285 g/mol. The Kier molecular flexibility index (Phi) is 4.34. The lowest BCUT2D eigenvalue weighted by molar-refractivity contribution is -0.133. The normalized spacial score (nSPS) is 27.4. The van der Waals surface area contributed by atoms with E-state index in [1.54, 1.807) is 4.57 Å². The summed E-state index contributed by atoms with van der Waals surface area (Å²) in [6.07, 6.45) is 3.08. The smallest absolute Gasteiger partial charge is 0.344 e. The molecule has 0 radical (unpaired) electrons. The molecule has 106 valence electrons. The molecule has 2 atom stereocenters. The van der Waals surface area contributed by atoms with Crippen molar-refractivity contribution >= 4 is 17.7 Å². The highest BCUT2D eigenvalue weighted by molar-refractivity contribution is 7.99. The van der Waals surface area contributed by atoms with Crippen LogP contribution >= 0.6 is 11.8 Å². The highest BCUT2D eigenvalue weighted by Crippen LogP contribution is 2.36. The number of carbonyl (C=O) groups is 1. The van der Waals surface area contributed by atoms with E-state index in [0.29, 0.717) is 17.0 Å². The molecule has 0 aromatic carbocycles. The second kappa shape index (κ2) is 5.81. The number of aromatic amines is 1. The molecule has 0 amide bonds. The second-order valence-corrected chi connectivity index (χ2v) is 6.38. The molecule has 19 heavy (non-hydrogen) atoms. The molecule has 0 saturated heterocycles. The van der Waals surface area contributed by atoms with Gasteiger partial charge < -0.3 is 5.11 Å². The summed E-state index contributed by atoms with van der Waals surface area (Å²) in [5, 5.41) is 15.6. The number of hydrogen-bond donors (Lipinski definition) is 2. The third-order valence-corrected chi connectivity index (χ3v) is 4.45. The van der Waals surface area contributed by atoms with Crippen molar-refractivity contribution in [2.24, 2.45) is 11.8 Å². The fraction of sp³-hybridized carbons (Fsp3) is 0.750. The number of carboxylic acids is 1. The lowest BCUT2D eigenvalue weighted by atomic mass is 9.80. The maximum Gasteiger partial charge on any atom is 0.344 e. The minimum absolute atomic E-state index is 0.0812. The Labute approximate surface area is 115 Å². The second-order valence-electron chi connectivity index (χ2n) is 5.44. The van der Waals surface area contributed by atoms with Gasteiger partial charge in [0.2, 0.25) is 0 Å². The van der Waals surface area contributed by atoms with Crippen molar-refractivity contribution in [2.45, 2.75) is 44.3 Å². The first-order chi connectivity index (χ1) is 8.97. The Bertz CT molecular complexity index is 501. The number of hydrogen-bond acceptors (Lipinski definition) is 4. The Hall–Kier alpha value is -1.24. The predicted octanol–water partition coefficient (Wildman–Crippen LogP) is 1.75. The fourth-order valence-corrected chi connectivity index (χ4v) is 3.69. The van der Waals surface area contributed by atoms with Gasteiger partial charge in [0.1, 0.15) is 0 Å². The summed E-state index contributed by atoms with van der Waals surface area (Å²) in [5.41, 5.74) is -0.237. The zero-order chi connectivity index (χ0) is 14.0. The van der Waals surface area contributed by atoms with Gasteiger partial charge in [0.25, 0.3) is 0 Å². The number of aromatic nitrogens is 3. The van der Waals surface area contributed by atoms with Gasteiger partial charge >= 0.3 is 11.7 Å². The van der Waals surface area contributed by atoms with Crippen LogP contribution in [-0.2, 0) is 4.79 Å². The van der Waals surface area contributed by atoms with Crippen LogP contribution in [0.5, 0.6) is 0 Å². The quantitative estimate of drug-likeness (QED) is 0.823. The summed E-state index contributed by atoms with van der Waals surface area (Å²) in [7, 11) is 0. The molecular formula is C12H19N3O3S. The maximum absolute atomic E-state index is 11.9. The fourth-order valence-electron chi connectivity index (χ4n) is 2.96. The molecule has 0 bridgehead atoms. The number of rotatable bonds is 4. The van der Waals surface area contributed by atoms with Gasteiger partial charge in [0.15, 0.2) is 5.16 Å². The van der Waals surface area contributed by atoms with Gasteiger partial charge in [-0.25, -0.2) is 9.89 Å². The number of H-pyrrole nitrogens is 1. The Morgan fingerprint density at radius 2 is 2.05 bits per heavy atom. The molecule has 1 aromatic heterocycles. The summed E-state index contributed by atoms with van der Waals surface area (Å²) in [4.78, 5) is 22.5. The summed E-state index contributed by atoms with van der Waals surface area (Å²) in [5.74, 6) is 0.167. The molecule has 2 unspecified atom stereocenters. The third-order valence-electron chi connectivity index (χ3n) is 3.52. The molecule has 1 fully saturated rings. The van der Waals surface area contributed by atoms with Crippen molar-refractivity contribution < 1.29 is 9.90 Å². The SMILES string of the molecule is CC1CC(C)CC(n2c(SCC(=O)O)n[nH]c2=O)C1. The maximum atomic E-state index is 11.9. The van der Waals surface area contributed by atoms with Gasteiger partial charge in [-0.15, -0.1) is 5.10 Å². The first kappa shape index (κ1) is 14.2. The van der Waals surface area contributed by atoms with Crippen molar-refractivity contribution in [3.63, 3.8) is 0 Å². The van der Waals surface area contributed by atoms with Crippen molar-refractivity contribution in [3.05, 3.63) is 10.5 Å². The molecule has 2 N–H and O–H groups in total. The summed E-state index contributed by atoms with van der Waals surface area (Å²) in [6.45, 7) is 4.38. The largest absolute Gasteiger partial charge is 0.481 e. The average Bonchev–Trinajstić information content (AvgIpc) is 2.66. The summed E-state index contributed by atoms with van der Waals surface area (Å²) in [6, 6.07) is 0.126. The first-order valence-electron chi connectivity index (χ1n) is 6.49. The van der Waals surface area contributed by atoms with Crippen LogP contribution in [0, 0.1) is 11.8 Å². The monoisotopic (exact) mass is 285 g/mol. The van der Waals surface area contributed by atoms with E-state index in [2.05, 4.69) is 24.0 Å². The molecule has 7 heteroatoms. The predicted molar refractivity (Wildman–Crippen MR) is 72.4 cm³/mol. The van der Waals surface area contributed by atoms with Crippen molar-refractivity contribution in [2.75, 3.05) is 5.75 Å². The van der Waals surface area contributed by atoms with E-state index >= 15 is 0 Å². The van der Waals surface area contributed by atoms with E-state index in [9.17, 15) is 9.59 Å². The lowest BCUT2D eigenvalue weighted by Crippen LogP contribution is -2.29. The van der Waals surface area contributed by atoms with Crippen molar-refractivity contribution in [3.8, 4) is 0 Å². The lowest BCUT2D eigenvalue weighted by Gasteiger charge is -2.32. The highest BCUT2D eigenvalue weighted by atomic mass is 32.2. The number of aliphatic carboxylic acids is 1. The van der Waals surface area contributed by atoms with Crippen molar-refractivity contribution in [1.82, 2.24) is 14.8 Å². The molecule has 1 aliphatic rings. The molecular weight excluding hydrogens is 266 g/mol. The molecule has 6 nitrogen and oxygen atoms in total. The van der Waals surface area contributed by atoms with Crippen LogP contribution in [0.3, 0.4) is 0 Å². The van der Waals surface area contributed by atoms with Gasteiger partial charge in [-0.05, 0) is 31.1 Å². The van der Waals surface area contributed by atoms with E-state index in [-0.39, 0.29) is 17.5 Å².